The molecule has 0 bridgehead atoms. The van der Waals surface area contributed by atoms with Crippen molar-refractivity contribution in [2.45, 2.75) is 19.6 Å². The van der Waals surface area contributed by atoms with Gasteiger partial charge in [-0.25, -0.2) is 0 Å². The second kappa shape index (κ2) is 7.26. The maximum atomic E-state index is 11.1. The molecule has 0 amide bonds. The highest BCUT2D eigenvalue weighted by Crippen LogP contribution is 2.48. The van der Waals surface area contributed by atoms with Crippen LogP contribution in [0.5, 0.6) is 0 Å². The van der Waals surface area contributed by atoms with Crippen LogP contribution in [-0.4, -0.2) is 10.6 Å². The lowest BCUT2D eigenvalue weighted by Crippen LogP contribution is -2.32. The van der Waals surface area contributed by atoms with Crippen LogP contribution >= 0.6 is 0 Å². The van der Waals surface area contributed by atoms with E-state index in [0.29, 0.717) is 5.71 Å². The first-order valence-electron chi connectivity index (χ1n) is 7.39. The third-order valence-corrected chi connectivity index (χ3v) is 3.46. The molecule has 1 aliphatic heterocycles. The molecule has 0 radical (unpaired) electrons. The minimum atomic E-state index is -2.10. The summed E-state index contributed by atoms with van der Waals surface area (Å²) in [5.41, 5.74) is 4.90. The van der Waals surface area contributed by atoms with Crippen LogP contribution in [0.25, 0.3) is 0 Å². The molecule has 2 N–H and O–H groups in total. The van der Waals surface area contributed by atoms with E-state index in [9.17, 15) is 25.9 Å². The average Bonchev–Trinajstić information content (AvgIpc) is 2.94. The Hall–Kier alpha value is -4.36. The van der Waals surface area contributed by atoms with Crippen LogP contribution in [-0.2, 0) is 15.4 Å². The molecule has 10 nitrogen and oxygen atoms in total. The van der Waals surface area contributed by atoms with E-state index in [2.05, 4.69) is 5.16 Å². The number of hydrogen-bond donors (Lipinski definition) is 1. The zero-order valence-electron chi connectivity index (χ0n) is 14.3. The summed E-state index contributed by atoms with van der Waals surface area (Å²) >= 11 is 0. The molecule has 0 fully saturated rings. The molecular weight excluding hydrogens is 352 g/mol. The van der Waals surface area contributed by atoms with E-state index >= 15 is 0 Å². The summed E-state index contributed by atoms with van der Waals surface area (Å²) < 4.78 is 5.54. The van der Waals surface area contributed by atoms with E-state index in [1.54, 1.807) is 32.1 Å². The number of ether oxygens (including phenoxy) is 1. The zero-order valence-corrected chi connectivity index (χ0v) is 14.3. The van der Waals surface area contributed by atoms with E-state index in [1.807, 2.05) is 0 Å². The number of nitrogens with two attached hydrogens (primary N) is 1. The molecule has 0 saturated heterocycles. The number of hydrogen-bond acceptors (Lipinski definition) is 9. The van der Waals surface area contributed by atoms with Crippen molar-refractivity contribution in [3.8, 4) is 18.2 Å². The van der Waals surface area contributed by atoms with Gasteiger partial charge in [-0.15, -0.1) is 0 Å². The van der Waals surface area contributed by atoms with Gasteiger partial charge in [-0.05, 0) is 13.8 Å². The molecule has 1 heterocycles. The monoisotopic (exact) mass is 364 g/mol. The van der Waals surface area contributed by atoms with Crippen molar-refractivity contribution in [3.63, 3.8) is 0 Å². The number of nitrogens with zero attached hydrogens (tertiary/aromatic N) is 5. The number of nitro benzene ring substituents is 1. The van der Waals surface area contributed by atoms with Crippen molar-refractivity contribution in [2.24, 2.45) is 10.9 Å². The van der Waals surface area contributed by atoms with Crippen molar-refractivity contribution >= 4 is 11.4 Å². The summed E-state index contributed by atoms with van der Waals surface area (Å²) in [6.07, 6.45) is 0. The maximum absolute atomic E-state index is 11.1. The second-order valence-electron chi connectivity index (χ2n) is 5.48. The second-order valence-corrected chi connectivity index (χ2v) is 5.48. The van der Waals surface area contributed by atoms with Gasteiger partial charge in [0.05, 0.1) is 21.8 Å². The van der Waals surface area contributed by atoms with E-state index in [1.165, 1.54) is 18.2 Å². The highest BCUT2D eigenvalue weighted by atomic mass is 16.8. The predicted octanol–water partition coefficient (Wildman–Crippen LogP) is 2.23. The molecule has 0 unspecified atom stereocenters. The van der Waals surface area contributed by atoms with Gasteiger partial charge in [-0.1, -0.05) is 17.3 Å². The molecule has 0 spiro atoms. The number of nitriles is 3. The van der Waals surface area contributed by atoms with Gasteiger partial charge in [-0.2, -0.15) is 15.8 Å². The van der Waals surface area contributed by atoms with Crippen molar-refractivity contribution in [2.75, 3.05) is 0 Å². The van der Waals surface area contributed by atoms with Gasteiger partial charge < -0.3 is 15.3 Å². The summed E-state index contributed by atoms with van der Waals surface area (Å²) in [5, 5.41) is 43.0. The van der Waals surface area contributed by atoms with Gasteiger partial charge in [0, 0.05) is 12.1 Å². The molecule has 1 aliphatic rings. The maximum Gasteiger partial charge on any atom is 0.334 e. The van der Waals surface area contributed by atoms with Gasteiger partial charge in [-0.3, -0.25) is 10.1 Å². The molecule has 1 atom stereocenters. The highest BCUT2D eigenvalue weighted by Gasteiger charge is 2.53. The molecule has 10 heteroatoms. The number of rotatable bonds is 4. The molecule has 134 valence electrons. The van der Waals surface area contributed by atoms with Crippen molar-refractivity contribution < 1.29 is 14.5 Å². The van der Waals surface area contributed by atoms with Gasteiger partial charge in [0.1, 0.15) is 29.4 Å². The summed E-state index contributed by atoms with van der Waals surface area (Å²) in [7, 11) is 0. The van der Waals surface area contributed by atoms with E-state index < -0.39 is 22.2 Å². The zero-order chi connectivity index (χ0) is 20.2. The summed E-state index contributed by atoms with van der Waals surface area (Å²) in [6, 6.07) is 10.2. The van der Waals surface area contributed by atoms with Gasteiger partial charge in [0.25, 0.3) is 5.69 Å². The molecule has 27 heavy (non-hydrogen) atoms. The Balaban J connectivity index is 2.89. The Labute approximate surface area is 153 Å². The number of oxime groups is 1. The first kappa shape index (κ1) is 19.0. The fourth-order valence-electron chi connectivity index (χ4n) is 2.38. The minimum absolute atomic E-state index is 0.0351. The average molecular weight is 364 g/mol. The van der Waals surface area contributed by atoms with Crippen LogP contribution in [0.1, 0.15) is 19.4 Å². The molecule has 2 rings (SSSR count). The molecule has 0 saturated carbocycles. The fraction of sp³-hybridized carbons (Fsp3) is 0.176. The molecule has 1 aromatic carbocycles. The van der Waals surface area contributed by atoms with E-state index in [-0.39, 0.29) is 22.4 Å². The molecule has 0 aliphatic carbocycles. The first-order valence-corrected chi connectivity index (χ1v) is 7.39. The van der Waals surface area contributed by atoms with E-state index in [0.717, 1.165) is 6.07 Å². The van der Waals surface area contributed by atoms with Crippen LogP contribution in [0.15, 0.2) is 52.0 Å². The lowest BCUT2D eigenvalue weighted by Gasteiger charge is -2.28. The Bertz CT molecular complexity index is 1010. The summed E-state index contributed by atoms with van der Waals surface area (Å²) in [4.78, 5) is 16.0. The van der Waals surface area contributed by atoms with E-state index in [4.69, 9.17) is 15.3 Å². The lowest BCUT2D eigenvalue weighted by molar-refractivity contribution is -0.385. The SMILES string of the molecule is CC(C)=NO[C@@]1(c2cccc([N+](=O)[O-])c2)OC(N)=C(C#N)C1=C(C#N)C#N. The van der Waals surface area contributed by atoms with Gasteiger partial charge >= 0.3 is 5.79 Å². The lowest BCUT2D eigenvalue weighted by atomic mass is 9.90. The third-order valence-electron chi connectivity index (χ3n) is 3.46. The van der Waals surface area contributed by atoms with Crippen LogP contribution in [0.4, 0.5) is 5.69 Å². The number of nitro groups is 1. The topological polar surface area (TPSA) is 171 Å². The normalized spacial score (nSPS) is 17.8. The van der Waals surface area contributed by atoms with Crippen molar-refractivity contribution in [1.82, 2.24) is 0 Å². The van der Waals surface area contributed by atoms with Crippen LogP contribution in [0, 0.1) is 44.1 Å². The first-order chi connectivity index (χ1) is 12.8. The largest absolute Gasteiger partial charge is 0.426 e. The predicted molar refractivity (Wildman–Crippen MR) is 90.8 cm³/mol. The molecular formula is C17H12N6O4. The van der Waals surface area contributed by atoms with Crippen LogP contribution in [0.3, 0.4) is 0 Å². The number of non-ortho nitro benzene ring substituents is 1. The number of benzene rings is 1. The highest BCUT2D eigenvalue weighted by molar-refractivity contribution is 5.78. The molecule has 0 aromatic heterocycles. The quantitative estimate of drug-likeness (QED) is 0.366. The molecule has 1 aromatic rings. The number of allylic oxidation sites excluding steroid dienone is 1. The van der Waals surface area contributed by atoms with Gasteiger partial charge in [0.15, 0.2) is 0 Å². The minimum Gasteiger partial charge on any atom is -0.426 e. The van der Waals surface area contributed by atoms with Crippen LogP contribution in [0.2, 0.25) is 0 Å². The van der Waals surface area contributed by atoms with Crippen molar-refractivity contribution in [1.29, 1.82) is 15.8 Å². The third kappa shape index (κ3) is 3.26. The Morgan fingerprint density at radius 1 is 1.33 bits per heavy atom. The Morgan fingerprint density at radius 2 is 2.00 bits per heavy atom. The smallest absolute Gasteiger partial charge is 0.334 e. The van der Waals surface area contributed by atoms with Gasteiger partial charge in [0.2, 0.25) is 5.88 Å². The standard InChI is InChI=1S/C17H12N6O4/c1-10(2)22-27-17(12-4-3-5-13(6-12)23(24)25)15(11(7-18)8-19)14(9-20)16(21)26-17/h3-6H,21H2,1-2H3/t17-/m1/s1. The Morgan fingerprint density at radius 3 is 2.52 bits per heavy atom. The Kier molecular flexibility index (Phi) is 5.10. The van der Waals surface area contributed by atoms with Crippen molar-refractivity contribution in [3.05, 3.63) is 62.5 Å². The summed E-state index contributed by atoms with van der Waals surface area (Å²) in [6.45, 7) is 3.22. The fourth-order valence-corrected chi connectivity index (χ4v) is 2.38. The van der Waals surface area contributed by atoms with Crippen LogP contribution < -0.4 is 5.73 Å². The summed E-state index contributed by atoms with van der Waals surface area (Å²) in [5.74, 6) is -2.50.